The Morgan fingerprint density at radius 2 is 1.92 bits per heavy atom. The molecule has 1 unspecified atom stereocenters. The normalized spacial score (nSPS) is 11.8. The van der Waals surface area contributed by atoms with E-state index in [1.165, 1.54) is 5.56 Å². The third kappa shape index (κ3) is 4.24. The molecular weight excluding hydrogens is 282 g/mol. The minimum Gasteiger partial charge on any atom is -0.253 e. The highest BCUT2D eigenvalue weighted by molar-refractivity contribution is 9.08. The van der Waals surface area contributed by atoms with E-state index in [2.05, 4.69) is 51.7 Å². The van der Waals surface area contributed by atoms with Crippen LogP contribution in [0.3, 0.4) is 0 Å². The van der Waals surface area contributed by atoms with Gasteiger partial charge in [0.25, 0.3) is 0 Å². The molecule has 1 atom stereocenters. The third-order valence-electron chi connectivity index (χ3n) is 1.57. The maximum atomic E-state index is 3.22. The summed E-state index contributed by atoms with van der Waals surface area (Å²) in [5.41, 5.74) is 1.37. The van der Waals surface area contributed by atoms with E-state index in [0.717, 1.165) is 6.42 Å². The third-order valence-corrected chi connectivity index (χ3v) is 2.35. The molecule has 0 saturated heterocycles. The van der Waals surface area contributed by atoms with E-state index in [0.29, 0.717) is 6.04 Å². The highest BCUT2D eigenvalue weighted by Gasteiger charge is 1.98. The van der Waals surface area contributed by atoms with Gasteiger partial charge >= 0.3 is 0 Å². The van der Waals surface area contributed by atoms with Crippen LogP contribution in [0.25, 0.3) is 0 Å². The topological polar surface area (TPSA) is 12.0 Å². The van der Waals surface area contributed by atoms with Gasteiger partial charge in [0.1, 0.15) is 0 Å². The van der Waals surface area contributed by atoms with E-state index >= 15 is 0 Å². The van der Waals surface area contributed by atoms with E-state index in [9.17, 15) is 0 Å². The molecule has 0 radical (unpaired) electrons. The summed E-state index contributed by atoms with van der Waals surface area (Å²) < 4.78 is 3.03. The van der Waals surface area contributed by atoms with Crippen molar-refractivity contribution in [2.45, 2.75) is 19.4 Å². The lowest BCUT2D eigenvalue weighted by atomic mass is 10.1. The van der Waals surface area contributed by atoms with Gasteiger partial charge in [0.2, 0.25) is 0 Å². The fraction of sp³-hybridized carbons (Fsp3) is 0.333. The summed E-state index contributed by atoms with van der Waals surface area (Å²) in [5.74, 6) is 0. The Kier molecular flexibility index (Phi) is 6.71. The quantitative estimate of drug-likeness (QED) is 0.845. The fourth-order valence-electron chi connectivity index (χ4n) is 1.01. The van der Waals surface area contributed by atoms with Crippen molar-refractivity contribution in [3.63, 3.8) is 0 Å². The van der Waals surface area contributed by atoms with Crippen LogP contribution in [0, 0.1) is 0 Å². The Morgan fingerprint density at radius 1 is 1.33 bits per heavy atom. The van der Waals surface area contributed by atoms with Crippen molar-refractivity contribution in [1.82, 2.24) is 4.34 Å². The van der Waals surface area contributed by atoms with Crippen LogP contribution < -0.4 is 4.34 Å². The highest BCUT2D eigenvalue weighted by Crippen LogP contribution is 2.02. The molecule has 1 N–H and O–H groups in total. The molecule has 3 heteroatoms. The van der Waals surface area contributed by atoms with Crippen LogP contribution in [-0.2, 0) is 6.42 Å². The van der Waals surface area contributed by atoms with Gasteiger partial charge in [0.05, 0.1) is 0 Å². The molecule has 0 fully saturated rings. The van der Waals surface area contributed by atoms with Crippen molar-refractivity contribution in [1.29, 1.82) is 0 Å². The minimum atomic E-state index is 0. The van der Waals surface area contributed by atoms with Gasteiger partial charge in [-0.25, -0.2) is 0 Å². The highest BCUT2D eigenvalue weighted by atomic mass is 79.9. The number of nitrogens with one attached hydrogen (secondary N) is 1. The number of hydrogen-bond acceptors (Lipinski definition) is 1. The molecule has 1 nitrogen and oxygen atoms in total. The maximum absolute atomic E-state index is 3.22. The van der Waals surface area contributed by atoms with Crippen molar-refractivity contribution in [2.75, 3.05) is 0 Å². The van der Waals surface area contributed by atoms with Crippen LogP contribution in [0.15, 0.2) is 30.3 Å². The molecule has 68 valence electrons. The van der Waals surface area contributed by atoms with Crippen LogP contribution in [0.1, 0.15) is 12.5 Å². The molecular formula is C9H13Br2N. The summed E-state index contributed by atoms with van der Waals surface area (Å²) in [4.78, 5) is 0. The second-order valence-corrected chi connectivity index (χ2v) is 3.16. The lowest BCUT2D eigenvalue weighted by molar-refractivity contribution is 0.698. The summed E-state index contributed by atoms with van der Waals surface area (Å²) in [7, 11) is 0. The SMILES string of the molecule is Br.CC(Cc1ccccc1)NBr. The van der Waals surface area contributed by atoms with Crippen molar-refractivity contribution in [2.24, 2.45) is 0 Å². The first-order chi connectivity index (χ1) is 5.33. The van der Waals surface area contributed by atoms with Gasteiger partial charge in [-0.2, -0.15) is 0 Å². The van der Waals surface area contributed by atoms with Crippen molar-refractivity contribution in [3.05, 3.63) is 35.9 Å². The largest absolute Gasteiger partial charge is 0.253 e. The molecule has 1 rings (SSSR count). The Balaban J connectivity index is 0.00000121. The fourth-order valence-corrected chi connectivity index (χ4v) is 1.17. The maximum Gasteiger partial charge on any atom is 0.0187 e. The zero-order chi connectivity index (χ0) is 8.10. The molecule has 0 aliphatic heterocycles. The van der Waals surface area contributed by atoms with Crippen LogP contribution in [0.2, 0.25) is 0 Å². The first-order valence-electron chi connectivity index (χ1n) is 3.73. The van der Waals surface area contributed by atoms with Gasteiger partial charge in [0, 0.05) is 22.2 Å². The van der Waals surface area contributed by atoms with Gasteiger partial charge in [-0.1, -0.05) is 30.3 Å². The molecule has 0 bridgehead atoms. The second-order valence-electron chi connectivity index (χ2n) is 2.70. The monoisotopic (exact) mass is 293 g/mol. The lowest BCUT2D eigenvalue weighted by Crippen LogP contribution is -2.18. The first kappa shape index (κ1) is 12.1. The molecule has 12 heavy (non-hydrogen) atoms. The van der Waals surface area contributed by atoms with Gasteiger partial charge in [-0.15, -0.1) is 17.0 Å². The van der Waals surface area contributed by atoms with Gasteiger partial charge < -0.3 is 0 Å². The Bertz CT molecular complexity index is 201. The predicted molar refractivity (Wildman–Crippen MR) is 62.0 cm³/mol. The molecule has 1 aromatic carbocycles. The summed E-state index contributed by atoms with van der Waals surface area (Å²) in [6.45, 7) is 2.14. The Labute approximate surface area is 92.7 Å². The van der Waals surface area contributed by atoms with Crippen molar-refractivity contribution in [3.8, 4) is 0 Å². The number of rotatable bonds is 3. The molecule has 0 heterocycles. The summed E-state index contributed by atoms with van der Waals surface area (Å²) in [6, 6.07) is 10.9. The summed E-state index contributed by atoms with van der Waals surface area (Å²) in [6.07, 6.45) is 1.06. The van der Waals surface area contributed by atoms with E-state index in [1.807, 2.05) is 6.07 Å². The van der Waals surface area contributed by atoms with E-state index in [-0.39, 0.29) is 17.0 Å². The standard InChI is InChI=1S/C9H12BrN.BrH/c1-8(11-10)7-9-5-3-2-4-6-9;/h2-6,8,11H,7H2,1H3;1H. The summed E-state index contributed by atoms with van der Waals surface area (Å²) >= 11 is 3.22. The number of benzene rings is 1. The minimum absolute atomic E-state index is 0. The molecule has 0 amide bonds. The number of hydrogen-bond donors (Lipinski definition) is 1. The Morgan fingerprint density at radius 3 is 2.42 bits per heavy atom. The van der Waals surface area contributed by atoms with Gasteiger partial charge in [-0.3, -0.25) is 4.34 Å². The lowest BCUT2D eigenvalue weighted by Gasteiger charge is -2.07. The van der Waals surface area contributed by atoms with Crippen LogP contribution in [-0.4, -0.2) is 6.04 Å². The number of halogens is 2. The van der Waals surface area contributed by atoms with E-state index < -0.39 is 0 Å². The zero-order valence-corrected chi connectivity index (χ0v) is 10.3. The average molecular weight is 295 g/mol. The molecule has 1 aromatic rings. The van der Waals surface area contributed by atoms with E-state index in [4.69, 9.17) is 0 Å². The smallest absolute Gasteiger partial charge is 0.0187 e. The van der Waals surface area contributed by atoms with Gasteiger partial charge in [-0.05, 0) is 18.9 Å². The van der Waals surface area contributed by atoms with Crippen LogP contribution in [0.4, 0.5) is 0 Å². The molecule has 0 aliphatic rings. The van der Waals surface area contributed by atoms with Crippen molar-refractivity contribution < 1.29 is 0 Å². The molecule has 0 aliphatic carbocycles. The van der Waals surface area contributed by atoms with Crippen LogP contribution in [0.5, 0.6) is 0 Å². The van der Waals surface area contributed by atoms with Gasteiger partial charge in [0.15, 0.2) is 0 Å². The molecule has 0 spiro atoms. The summed E-state index contributed by atoms with van der Waals surface area (Å²) in [5, 5.41) is 0. The Hall–Kier alpha value is 0.140. The van der Waals surface area contributed by atoms with Crippen LogP contribution >= 0.6 is 33.1 Å². The first-order valence-corrected chi connectivity index (χ1v) is 4.52. The van der Waals surface area contributed by atoms with E-state index in [1.54, 1.807) is 0 Å². The second kappa shape index (κ2) is 6.63. The average Bonchev–Trinajstić information content (AvgIpc) is 2.06. The predicted octanol–water partition coefficient (Wildman–Crippen LogP) is 3.10. The molecule has 0 saturated carbocycles. The molecule has 0 aromatic heterocycles. The zero-order valence-electron chi connectivity index (χ0n) is 6.96. The van der Waals surface area contributed by atoms with Crippen molar-refractivity contribution >= 4 is 33.1 Å².